The zero-order valence-electron chi connectivity index (χ0n) is 14.4. The highest BCUT2D eigenvalue weighted by Gasteiger charge is 2.19. The van der Waals surface area contributed by atoms with Crippen molar-refractivity contribution >= 4 is 12.0 Å². The van der Waals surface area contributed by atoms with Gasteiger partial charge in [-0.25, -0.2) is 0 Å². The summed E-state index contributed by atoms with van der Waals surface area (Å²) in [6.45, 7) is 5.29. The number of nitrogens with one attached hydrogen (secondary N) is 1. The molecule has 0 bridgehead atoms. The van der Waals surface area contributed by atoms with E-state index in [0.29, 0.717) is 13.1 Å². The van der Waals surface area contributed by atoms with Crippen molar-refractivity contribution in [1.29, 1.82) is 0 Å². The number of benzene rings is 1. The molecule has 0 unspecified atom stereocenters. The Morgan fingerprint density at radius 1 is 1.08 bits per heavy atom. The van der Waals surface area contributed by atoms with E-state index in [1.54, 1.807) is 6.26 Å². The number of carbonyl (C=O) groups is 1. The number of hydrogen-bond acceptors (Lipinski definition) is 4. The minimum atomic E-state index is 0.158. The Morgan fingerprint density at radius 3 is 2.60 bits per heavy atom. The van der Waals surface area contributed by atoms with E-state index in [4.69, 9.17) is 4.42 Å². The van der Waals surface area contributed by atoms with Crippen molar-refractivity contribution in [3.63, 3.8) is 0 Å². The second kappa shape index (κ2) is 9.20. The summed E-state index contributed by atoms with van der Waals surface area (Å²) in [5.41, 5.74) is 1.22. The van der Waals surface area contributed by atoms with Gasteiger partial charge in [-0.3, -0.25) is 9.69 Å². The maximum atomic E-state index is 12.2. The van der Waals surface area contributed by atoms with Crippen LogP contribution in [0.3, 0.4) is 0 Å². The Kier molecular flexibility index (Phi) is 6.42. The molecule has 1 aliphatic rings. The minimum absolute atomic E-state index is 0.158. The standard InChI is InChI=1S/C20H25N3O2/c24-20(17-21-16-19-9-5-15-25-19)23-13-11-22(12-14-23)10-4-8-18-6-2-1-3-7-18/h1-9,15,21H,10-14,16-17H2/b8-4+. The number of carbonyl (C=O) groups excluding carboxylic acids is 1. The van der Waals surface area contributed by atoms with Crippen LogP contribution in [0.15, 0.2) is 59.2 Å². The quantitative estimate of drug-likeness (QED) is 0.840. The average molecular weight is 339 g/mol. The van der Waals surface area contributed by atoms with Gasteiger partial charge in [-0.2, -0.15) is 0 Å². The molecule has 3 rings (SSSR count). The van der Waals surface area contributed by atoms with E-state index < -0.39 is 0 Å². The Labute approximate surface area is 148 Å². The molecular formula is C20H25N3O2. The van der Waals surface area contributed by atoms with Crippen molar-refractivity contribution in [2.24, 2.45) is 0 Å². The first kappa shape index (κ1) is 17.5. The molecule has 1 amide bonds. The molecule has 1 aromatic carbocycles. The highest BCUT2D eigenvalue weighted by Crippen LogP contribution is 2.05. The third-order valence-electron chi connectivity index (χ3n) is 4.35. The maximum Gasteiger partial charge on any atom is 0.236 e. The summed E-state index contributed by atoms with van der Waals surface area (Å²) in [6, 6.07) is 14.1. The summed E-state index contributed by atoms with van der Waals surface area (Å²) in [6.07, 6.45) is 5.98. The van der Waals surface area contributed by atoms with Gasteiger partial charge in [0, 0.05) is 32.7 Å². The molecule has 1 N–H and O–H groups in total. The summed E-state index contributed by atoms with van der Waals surface area (Å²) in [4.78, 5) is 16.5. The Morgan fingerprint density at radius 2 is 1.88 bits per heavy atom. The van der Waals surface area contributed by atoms with Crippen LogP contribution in [0.2, 0.25) is 0 Å². The van der Waals surface area contributed by atoms with Crippen molar-refractivity contribution in [1.82, 2.24) is 15.1 Å². The largest absolute Gasteiger partial charge is 0.468 e. The van der Waals surface area contributed by atoms with Crippen LogP contribution in [0.4, 0.5) is 0 Å². The minimum Gasteiger partial charge on any atom is -0.468 e. The lowest BCUT2D eigenvalue weighted by molar-refractivity contribution is -0.131. The van der Waals surface area contributed by atoms with Gasteiger partial charge in [0.25, 0.3) is 0 Å². The van der Waals surface area contributed by atoms with Gasteiger partial charge in [0.15, 0.2) is 0 Å². The van der Waals surface area contributed by atoms with Crippen LogP contribution in [0.5, 0.6) is 0 Å². The Bertz CT molecular complexity index is 660. The number of amides is 1. The van der Waals surface area contributed by atoms with E-state index >= 15 is 0 Å². The molecule has 1 aromatic heterocycles. The summed E-state index contributed by atoms with van der Waals surface area (Å²) < 4.78 is 5.24. The molecule has 2 aromatic rings. The van der Waals surface area contributed by atoms with E-state index in [-0.39, 0.29) is 5.91 Å². The predicted octanol–water partition coefficient (Wildman–Crippen LogP) is 2.23. The molecule has 0 spiro atoms. The third kappa shape index (κ3) is 5.59. The van der Waals surface area contributed by atoms with E-state index in [1.165, 1.54) is 5.56 Å². The van der Waals surface area contributed by atoms with Gasteiger partial charge >= 0.3 is 0 Å². The Hall–Kier alpha value is -2.37. The number of hydrogen-bond donors (Lipinski definition) is 1. The first-order chi connectivity index (χ1) is 12.3. The van der Waals surface area contributed by atoms with Crippen LogP contribution in [0.1, 0.15) is 11.3 Å². The van der Waals surface area contributed by atoms with E-state index in [2.05, 4.69) is 34.5 Å². The van der Waals surface area contributed by atoms with E-state index in [0.717, 1.165) is 38.5 Å². The zero-order chi connectivity index (χ0) is 17.3. The molecule has 2 heterocycles. The molecule has 1 saturated heterocycles. The summed E-state index contributed by atoms with van der Waals surface area (Å²) in [5.74, 6) is 1.01. The first-order valence-electron chi connectivity index (χ1n) is 8.76. The van der Waals surface area contributed by atoms with Crippen LogP contribution in [0, 0.1) is 0 Å². The number of furan rings is 1. The molecular weight excluding hydrogens is 314 g/mol. The van der Waals surface area contributed by atoms with Gasteiger partial charge in [0.05, 0.1) is 19.4 Å². The van der Waals surface area contributed by atoms with Crippen molar-refractivity contribution in [3.05, 3.63) is 66.1 Å². The fraction of sp³-hybridized carbons (Fsp3) is 0.350. The molecule has 1 fully saturated rings. The van der Waals surface area contributed by atoms with E-state index in [9.17, 15) is 4.79 Å². The lowest BCUT2D eigenvalue weighted by atomic mass is 10.2. The van der Waals surface area contributed by atoms with E-state index in [1.807, 2.05) is 35.2 Å². The van der Waals surface area contributed by atoms with Crippen LogP contribution in [0.25, 0.3) is 6.08 Å². The fourth-order valence-electron chi connectivity index (χ4n) is 2.90. The van der Waals surface area contributed by atoms with Crippen molar-refractivity contribution in [3.8, 4) is 0 Å². The molecule has 1 aliphatic heterocycles. The van der Waals surface area contributed by atoms with Crippen LogP contribution >= 0.6 is 0 Å². The van der Waals surface area contributed by atoms with Crippen molar-refractivity contribution < 1.29 is 9.21 Å². The molecule has 5 nitrogen and oxygen atoms in total. The van der Waals surface area contributed by atoms with Gasteiger partial charge in [-0.05, 0) is 17.7 Å². The maximum absolute atomic E-state index is 12.2. The smallest absolute Gasteiger partial charge is 0.236 e. The topological polar surface area (TPSA) is 48.7 Å². The summed E-state index contributed by atoms with van der Waals surface area (Å²) in [7, 11) is 0. The van der Waals surface area contributed by atoms with Gasteiger partial charge < -0.3 is 14.6 Å². The molecule has 0 saturated carbocycles. The molecule has 25 heavy (non-hydrogen) atoms. The van der Waals surface area contributed by atoms with Crippen molar-refractivity contribution in [2.45, 2.75) is 6.54 Å². The lowest BCUT2D eigenvalue weighted by Gasteiger charge is -2.34. The molecule has 0 atom stereocenters. The number of nitrogens with zero attached hydrogens (tertiary/aromatic N) is 2. The second-order valence-electron chi connectivity index (χ2n) is 6.18. The third-order valence-corrected chi connectivity index (χ3v) is 4.35. The molecule has 0 aliphatic carbocycles. The zero-order valence-corrected chi connectivity index (χ0v) is 14.4. The van der Waals surface area contributed by atoms with Gasteiger partial charge in [-0.1, -0.05) is 42.5 Å². The van der Waals surface area contributed by atoms with Crippen molar-refractivity contribution in [2.75, 3.05) is 39.3 Å². The molecule has 5 heteroatoms. The summed E-state index contributed by atoms with van der Waals surface area (Å²) >= 11 is 0. The van der Waals surface area contributed by atoms with Gasteiger partial charge in [-0.15, -0.1) is 0 Å². The monoisotopic (exact) mass is 339 g/mol. The average Bonchev–Trinajstić information content (AvgIpc) is 3.16. The fourth-order valence-corrected chi connectivity index (χ4v) is 2.90. The van der Waals surface area contributed by atoms with Crippen LogP contribution in [-0.2, 0) is 11.3 Å². The summed E-state index contributed by atoms with van der Waals surface area (Å²) in [5, 5.41) is 3.14. The molecule has 0 radical (unpaired) electrons. The lowest BCUT2D eigenvalue weighted by Crippen LogP contribution is -2.50. The highest BCUT2D eigenvalue weighted by atomic mass is 16.3. The first-order valence-corrected chi connectivity index (χ1v) is 8.76. The van der Waals surface area contributed by atoms with Gasteiger partial charge in [0.1, 0.15) is 5.76 Å². The predicted molar refractivity (Wildman–Crippen MR) is 98.9 cm³/mol. The normalized spacial score (nSPS) is 15.8. The SMILES string of the molecule is O=C(CNCc1ccco1)N1CCN(C/C=C/c2ccccc2)CC1. The Balaban J connectivity index is 1.33. The highest BCUT2D eigenvalue weighted by molar-refractivity contribution is 5.78. The number of piperazine rings is 1. The van der Waals surface area contributed by atoms with Crippen LogP contribution in [-0.4, -0.2) is 55.0 Å². The molecule has 132 valence electrons. The van der Waals surface area contributed by atoms with Gasteiger partial charge in [0.2, 0.25) is 5.91 Å². The van der Waals surface area contributed by atoms with Crippen LogP contribution < -0.4 is 5.32 Å². The number of rotatable bonds is 7. The second-order valence-corrected chi connectivity index (χ2v) is 6.18.